The number of rotatable bonds is 3. The lowest BCUT2D eigenvalue weighted by Crippen LogP contribution is -1.96. The van der Waals surface area contributed by atoms with Gasteiger partial charge in [-0.3, -0.25) is 0 Å². The van der Waals surface area contributed by atoms with Gasteiger partial charge in [0, 0.05) is 70.4 Å². The molecule has 0 amide bonds. The predicted molar refractivity (Wildman–Crippen MR) is 205 cm³/mol. The lowest BCUT2D eigenvalue weighted by molar-refractivity contribution is 1.13. The number of aromatic nitrogens is 3. The van der Waals surface area contributed by atoms with Crippen LogP contribution in [0.15, 0.2) is 164 Å². The van der Waals surface area contributed by atoms with E-state index in [1.165, 1.54) is 86.1 Å². The molecule has 4 aromatic heterocycles. The molecule has 0 fully saturated rings. The molecule has 0 atom stereocenters. The molecule has 3 nitrogen and oxygen atoms in total. The van der Waals surface area contributed by atoms with Gasteiger partial charge in [-0.2, -0.15) is 0 Å². The van der Waals surface area contributed by atoms with Gasteiger partial charge < -0.3 is 13.7 Å². The SMILES string of the molecule is c1ccc(-n2ccc3c2ccc2c4cc5c(cc4n(-c4ccc6c(c4)c4ccccc4n6-c4ccccc4)c23)sc2ccccc25)cc1. The second-order valence-electron chi connectivity index (χ2n) is 12.6. The summed E-state index contributed by atoms with van der Waals surface area (Å²) in [5, 5.41) is 8.95. The van der Waals surface area contributed by atoms with Gasteiger partial charge in [0.15, 0.2) is 0 Å². The quantitative estimate of drug-likeness (QED) is 0.185. The van der Waals surface area contributed by atoms with Crippen LogP contribution in [0, 0.1) is 0 Å². The summed E-state index contributed by atoms with van der Waals surface area (Å²) in [7, 11) is 0. The Morgan fingerprint density at radius 3 is 1.88 bits per heavy atom. The molecule has 0 bridgehead atoms. The van der Waals surface area contributed by atoms with Crippen LogP contribution >= 0.6 is 11.3 Å². The van der Waals surface area contributed by atoms with Gasteiger partial charge >= 0.3 is 0 Å². The van der Waals surface area contributed by atoms with Crippen molar-refractivity contribution in [2.24, 2.45) is 0 Å². The van der Waals surface area contributed by atoms with Crippen LogP contribution in [-0.2, 0) is 0 Å². The topological polar surface area (TPSA) is 14.8 Å². The van der Waals surface area contributed by atoms with E-state index in [1.807, 2.05) is 11.3 Å². The zero-order valence-corrected chi connectivity index (χ0v) is 26.7. The molecule has 0 N–H and O–H groups in total. The minimum Gasteiger partial charge on any atom is -0.316 e. The van der Waals surface area contributed by atoms with Crippen LogP contribution in [0.2, 0.25) is 0 Å². The highest BCUT2D eigenvalue weighted by molar-refractivity contribution is 7.25. The van der Waals surface area contributed by atoms with E-state index in [1.54, 1.807) is 0 Å². The summed E-state index contributed by atoms with van der Waals surface area (Å²) in [5.74, 6) is 0. The molecule has 7 aromatic carbocycles. The van der Waals surface area contributed by atoms with E-state index >= 15 is 0 Å². The van der Waals surface area contributed by atoms with Crippen molar-refractivity contribution in [2.45, 2.75) is 0 Å². The van der Waals surface area contributed by atoms with E-state index in [9.17, 15) is 0 Å². The third-order valence-corrected chi connectivity index (χ3v) is 11.2. The Morgan fingerprint density at radius 2 is 1.02 bits per heavy atom. The number of para-hydroxylation sites is 3. The van der Waals surface area contributed by atoms with Crippen molar-refractivity contribution in [3.63, 3.8) is 0 Å². The van der Waals surface area contributed by atoms with Crippen molar-refractivity contribution in [2.75, 3.05) is 0 Å². The highest BCUT2D eigenvalue weighted by atomic mass is 32.1. The lowest BCUT2D eigenvalue weighted by atomic mass is 10.1. The number of benzene rings is 7. The predicted octanol–water partition coefficient (Wildman–Crippen LogP) is 12.2. The molecule has 0 aliphatic carbocycles. The molecule has 11 rings (SSSR count). The van der Waals surface area contributed by atoms with Crippen molar-refractivity contribution < 1.29 is 0 Å². The Balaban J connectivity index is 1.27. The van der Waals surface area contributed by atoms with Crippen LogP contribution in [-0.4, -0.2) is 13.7 Å². The summed E-state index contributed by atoms with van der Waals surface area (Å²) in [4.78, 5) is 0. The Kier molecular flexibility index (Phi) is 5.26. The van der Waals surface area contributed by atoms with Crippen LogP contribution in [0.1, 0.15) is 0 Å². The normalized spacial score (nSPS) is 12.2. The molecule has 4 heterocycles. The molecule has 0 unspecified atom stereocenters. The van der Waals surface area contributed by atoms with Gasteiger partial charge in [-0.05, 0) is 78.9 Å². The molecule has 48 heavy (non-hydrogen) atoms. The smallest absolute Gasteiger partial charge is 0.0635 e. The second-order valence-corrected chi connectivity index (χ2v) is 13.7. The Hall–Kier alpha value is -6.10. The summed E-state index contributed by atoms with van der Waals surface area (Å²) in [5.41, 5.74) is 9.60. The van der Waals surface area contributed by atoms with Crippen LogP contribution in [0.3, 0.4) is 0 Å². The number of nitrogens with zero attached hydrogens (tertiary/aromatic N) is 3. The summed E-state index contributed by atoms with van der Waals surface area (Å²) in [6.07, 6.45) is 2.21. The molecule has 0 spiro atoms. The maximum atomic E-state index is 2.51. The molecule has 0 aliphatic heterocycles. The van der Waals surface area contributed by atoms with Crippen molar-refractivity contribution >= 4 is 86.0 Å². The second kappa shape index (κ2) is 9.71. The fraction of sp³-hybridized carbons (Fsp3) is 0. The van der Waals surface area contributed by atoms with Gasteiger partial charge in [0.05, 0.1) is 27.6 Å². The molecular weight excluding hydrogens is 603 g/mol. The third kappa shape index (κ3) is 3.52. The number of hydrogen-bond acceptors (Lipinski definition) is 1. The summed E-state index contributed by atoms with van der Waals surface area (Å²) in [6.45, 7) is 0. The molecule has 224 valence electrons. The van der Waals surface area contributed by atoms with E-state index in [-0.39, 0.29) is 0 Å². The van der Waals surface area contributed by atoms with E-state index in [4.69, 9.17) is 0 Å². The van der Waals surface area contributed by atoms with Gasteiger partial charge in [0.25, 0.3) is 0 Å². The van der Waals surface area contributed by atoms with Crippen LogP contribution < -0.4 is 0 Å². The molecule has 0 radical (unpaired) electrons. The molecule has 4 heteroatoms. The standard InChI is InChI=1S/C44H27N3S/c1-3-11-28(12-4-1)45-24-23-34-38(45)22-20-33-36-26-37-32-16-8-10-18-42(32)48-43(37)27-41(36)47(44(33)34)30-19-21-40-35(25-30)31-15-7-9-17-39(31)46(40)29-13-5-2-6-14-29/h1-27H. The van der Waals surface area contributed by atoms with Crippen molar-refractivity contribution in [1.29, 1.82) is 0 Å². The van der Waals surface area contributed by atoms with Gasteiger partial charge in [-0.15, -0.1) is 11.3 Å². The Bertz CT molecular complexity index is 3050. The van der Waals surface area contributed by atoms with E-state index in [2.05, 4.69) is 178 Å². The fourth-order valence-electron chi connectivity index (χ4n) is 7.98. The number of fused-ring (bicyclic) bond motifs is 11. The summed E-state index contributed by atoms with van der Waals surface area (Å²) in [6, 6.07) is 57.7. The highest BCUT2D eigenvalue weighted by Gasteiger charge is 2.20. The molecule has 0 aliphatic rings. The maximum absolute atomic E-state index is 2.51. The van der Waals surface area contributed by atoms with Gasteiger partial charge in [0.2, 0.25) is 0 Å². The van der Waals surface area contributed by atoms with E-state index < -0.39 is 0 Å². The van der Waals surface area contributed by atoms with Crippen molar-refractivity contribution in [3.8, 4) is 17.1 Å². The first kappa shape index (κ1) is 26.0. The number of thiophene rings is 1. The lowest BCUT2D eigenvalue weighted by Gasteiger charge is -2.11. The zero-order valence-electron chi connectivity index (χ0n) is 25.8. The minimum absolute atomic E-state index is 1.16. The van der Waals surface area contributed by atoms with Crippen LogP contribution in [0.25, 0.3) is 91.7 Å². The number of hydrogen-bond donors (Lipinski definition) is 0. The first-order chi connectivity index (χ1) is 23.8. The third-order valence-electron chi connectivity index (χ3n) is 10.1. The van der Waals surface area contributed by atoms with E-state index in [0.717, 1.165) is 5.69 Å². The maximum Gasteiger partial charge on any atom is 0.0635 e. The Labute approximate surface area is 279 Å². The van der Waals surface area contributed by atoms with Crippen molar-refractivity contribution in [3.05, 3.63) is 164 Å². The highest BCUT2D eigenvalue weighted by Crippen LogP contribution is 2.43. The molecule has 11 aromatic rings. The van der Waals surface area contributed by atoms with E-state index in [0.29, 0.717) is 0 Å². The van der Waals surface area contributed by atoms with Crippen molar-refractivity contribution in [1.82, 2.24) is 13.7 Å². The van der Waals surface area contributed by atoms with Crippen LogP contribution in [0.5, 0.6) is 0 Å². The average molecular weight is 630 g/mol. The largest absolute Gasteiger partial charge is 0.316 e. The first-order valence-electron chi connectivity index (χ1n) is 16.4. The summed E-state index contributed by atoms with van der Waals surface area (Å²) >= 11 is 1.88. The van der Waals surface area contributed by atoms with Crippen LogP contribution in [0.4, 0.5) is 0 Å². The van der Waals surface area contributed by atoms with Gasteiger partial charge in [-0.1, -0.05) is 78.9 Å². The summed E-state index contributed by atoms with van der Waals surface area (Å²) < 4.78 is 9.85. The minimum atomic E-state index is 1.16. The molecule has 0 saturated carbocycles. The average Bonchev–Trinajstić information content (AvgIpc) is 3.90. The monoisotopic (exact) mass is 629 g/mol. The van der Waals surface area contributed by atoms with Gasteiger partial charge in [0.1, 0.15) is 0 Å². The first-order valence-corrected chi connectivity index (χ1v) is 17.2. The Morgan fingerprint density at radius 1 is 0.333 bits per heavy atom. The fourth-order valence-corrected chi connectivity index (χ4v) is 9.10. The van der Waals surface area contributed by atoms with Gasteiger partial charge in [-0.25, -0.2) is 0 Å². The molecule has 0 saturated heterocycles. The zero-order chi connectivity index (χ0) is 31.3. The molecular formula is C44H27N3S.